The highest BCUT2D eigenvalue weighted by atomic mass is 16.5. The second kappa shape index (κ2) is 6.35. The third-order valence-corrected chi connectivity index (χ3v) is 3.55. The van der Waals surface area contributed by atoms with E-state index in [1.54, 1.807) is 36.9 Å². The summed E-state index contributed by atoms with van der Waals surface area (Å²) in [7, 11) is 0. The molecule has 0 aliphatic carbocycles. The van der Waals surface area contributed by atoms with Crippen molar-refractivity contribution in [2.75, 3.05) is 13.1 Å². The number of piperidine rings is 1. The molecule has 108 valence electrons. The average Bonchev–Trinajstić information content (AvgIpc) is 2.56. The van der Waals surface area contributed by atoms with E-state index in [1.807, 2.05) is 17.0 Å². The monoisotopic (exact) mass is 283 g/mol. The van der Waals surface area contributed by atoms with Gasteiger partial charge in [0.05, 0.1) is 6.54 Å². The molecule has 1 amide bonds. The van der Waals surface area contributed by atoms with Crippen LogP contribution in [-0.4, -0.2) is 40.0 Å². The molecule has 1 atom stereocenters. The second-order valence-corrected chi connectivity index (χ2v) is 5.05. The summed E-state index contributed by atoms with van der Waals surface area (Å²) in [5, 5.41) is 0. The molecule has 5 heteroatoms. The molecule has 0 spiro atoms. The first-order valence-corrected chi connectivity index (χ1v) is 7.09. The second-order valence-electron chi connectivity index (χ2n) is 5.05. The van der Waals surface area contributed by atoms with Gasteiger partial charge in [0.15, 0.2) is 0 Å². The lowest BCUT2D eigenvalue weighted by molar-refractivity contribution is 0.0537. The molecule has 2 aromatic rings. The zero-order chi connectivity index (χ0) is 14.5. The van der Waals surface area contributed by atoms with Crippen molar-refractivity contribution in [2.24, 2.45) is 0 Å². The largest absolute Gasteiger partial charge is 0.488 e. The van der Waals surface area contributed by atoms with Crippen LogP contribution < -0.4 is 4.74 Å². The summed E-state index contributed by atoms with van der Waals surface area (Å²) in [5.74, 6) is 0.841. The van der Waals surface area contributed by atoms with Crippen LogP contribution in [0, 0.1) is 0 Å². The molecule has 0 saturated carbocycles. The molecule has 21 heavy (non-hydrogen) atoms. The smallest absolute Gasteiger partial charge is 0.254 e. The third-order valence-electron chi connectivity index (χ3n) is 3.55. The minimum absolute atomic E-state index is 0.0342. The van der Waals surface area contributed by atoms with Crippen LogP contribution in [0.2, 0.25) is 0 Å². The topological polar surface area (TPSA) is 55.3 Å². The molecule has 0 bridgehead atoms. The predicted molar refractivity (Wildman–Crippen MR) is 78.0 cm³/mol. The van der Waals surface area contributed by atoms with Crippen LogP contribution in [-0.2, 0) is 0 Å². The Morgan fingerprint density at radius 3 is 2.48 bits per heavy atom. The van der Waals surface area contributed by atoms with Gasteiger partial charge in [-0.15, -0.1) is 0 Å². The molecule has 2 aromatic heterocycles. The molecular formula is C16H17N3O2. The van der Waals surface area contributed by atoms with E-state index in [9.17, 15) is 4.79 Å². The Balaban J connectivity index is 1.64. The van der Waals surface area contributed by atoms with Gasteiger partial charge in [-0.2, -0.15) is 0 Å². The molecule has 0 N–H and O–H groups in total. The van der Waals surface area contributed by atoms with Crippen LogP contribution >= 0.6 is 0 Å². The van der Waals surface area contributed by atoms with Gasteiger partial charge in [0.25, 0.3) is 5.91 Å². The zero-order valence-electron chi connectivity index (χ0n) is 11.7. The summed E-state index contributed by atoms with van der Waals surface area (Å²) in [6.45, 7) is 1.39. The fourth-order valence-electron chi connectivity index (χ4n) is 2.51. The van der Waals surface area contributed by atoms with E-state index in [0.717, 1.165) is 25.1 Å². The normalized spacial score (nSPS) is 18.3. The highest BCUT2D eigenvalue weighted by molar-refractivity contribution is 5.94. The van der Waals surface area contributed by atoms with Crippen molar-refractivity contribution in [2.45, 2.75) is 18.9 Å². The fraction of sp³-hybridized carbons (Fsp3) is 0.312. The molecule has 3 rings (SSSR count). The number of carbonyl (C=O) groups is 1. The molecule has 3 heterocycles. The highest BCUT2D eigenvalue weighted by Crippen LogP contribution is 2.19. The molecule has 5 nitrogen and oxygen atoms in total. The number of hydrogen-bond donors (Lipinski definition) is 0. The maximum Gasteiger partial charge on any atom is 0.254 e. The minimum atomic E-state index is 0.0342. The first-order chi connectivity index (χ1) is 10.3. The average molecular weight is 283 g/mol. The van der Waals surface area contributed by atoms with E-state index in [0.29, 0.717) is 12.1 Å². The lowest BCUT2D eigenvalue weighted by Crippen LogP contribution is -2.44. The van der Waals surface area contributed by atoms with E-state index in [4.69, 9.17) is 4.74 Å². The van der Waals surface area contributed by atoms with Gasteiger partial charge in [0, 0.05) is 36.9 Å². The molecule has 1 aliphatic heterocycles. The van der Waals surface area contributed by atoms with Crippen LogP contribution in [0.15, 0.2) is 49.1 Å². The maximum atomic E-state index is 12.4. The SMILES string of the molecule is O=C(c1ccncc1)N1CCC[C@H](Oc2ccncc2)C1. The van der Waals surface area contributed by atoms with Crippen molar-refractivity contribution in [1.29, 1.82) is 0 Å². The maximum absolute atomic E-state index is 12.4. The Hall–Kier alpha value is -2.43. The van der Waals surface area contributed by atoms with Gasteiger partial charge in [-0.05, 0) is 37.1 Å². The Morgan fingerprint density at radius 2 is 1.76 bits per heavy atom. The van der Waals surface area contributed by atoms with Crippen LogP contribution in [0.5, 0.6) is 5.75 Å². The minimum Gasteiger partial charge on any atom is -0.488 e. The highest BCUT2D eigenvalue weighted by Gasteiger charge is 2.25. The van der Waals surface area contributed by atoms with Gasteiger partial charge >= 0.3 is 0 Å². The van der Waals surface area contributed by atoms with Crippen molar-refractivity contribution < 1.29 is 9.53 Å². The summed E-state index contributed by atoms with van der Waals surface area (Å²) in [6.07, 6.45) is 8.64. The van der Waals surface area contributed by atoms with Crippen molar-refractivity contribution in [3.05, 3.63) is 54.6 Å². The van der Waals surface area contributed by atoms with Crippen molar-refractivity contribution in [1.82, 2.24) is 14.9 Å². The fourth-order valence-corrected chi connectivity index (χ4v) is 2.51. The Bertz CT molecular complexity index is 589. The Morgan fingerprint density at radius 1 is 1.10 bits per heavy atom. The number of pyridine rings is 2. The number of ether oxygens (including phenoxy) is 1. The Labute approximate surface area is 123 Å². The summed E-state index contributed by atoms with van der Waals surface area (Å²) in [4.78, 5) is 22.2. The van der Waals surface area contributed by atoms with Gasteiger partial charge in [-0.1, -0.05) is 0 Å². The summed E-state index contributed by atoms with van der Waals surface area (Å²) < 4.78 is 5.93. The molecule has 0 aromatic carbocycles. The lowest BCUT2D eigenvalue weighted by Gasteiger charge is -2.33. The van der Waals surface area contributed by atoms with Gasteiger partial charge in [0.1, 0.15) is 11.9 Å². The number of carbonyl (C=O) groups excluding carboxylic acids is 1. The standard InChI is InChI=1S/C16H17N3O2/c20-16(13-3-7-17-8-4-13)19-11-1-2-15(12-19)21-14-5-9-18-10-6-14/h3-10,15H,1-2,11-12H2/t15-/m0/s1. The van der Waals surface area contributed by atoms with Crippen molar-refractivity contribution >= 4 is 5.91 Å². The van der Waals surface area contributed by atoms with Gasteiger partial charge in [-0.25, -0.2) is 0 Å². The van der Waals surface area contributed by atoms with Gasteiger partial charge in [-0.3, -0.25) is 14.8 Å². The van der Waals surface area contributed by atoms with Crippen LogP contribution in [0.25, 0.3) is 0 Å². The van der Waals surface area contributed by atoms with E-state index >= 15 is 0 Å². The van der Waals surface area contributed by atoms with E-state index in [2.05, 4.69) is 9.97 Å². The van der Waals surface area contributed by atoms with Crippen LogP contribution in [0.1, 0.15) is 23.2 Å². The van der Waals surface area contributed by atoms with Crippen LogP contribution in [0.4, 0.5) is 0 Å². The molecule has 1 fully saturated rings. The van der Waals surface area contributed by atoms with Gasteiger partial charge in [0.2, 0.25) is 0 Å². The van der Waals surface area contributed by atoms with Crippen molar-refractivity contribution in [3.8, 4) is 5.75 Å². The number of rotatable bonds is 3. The van der Waals surface area contributed by atoms with E-state index in [1.165, 1.54) is 0 Å². The third kappa shape index (κ3) is 3.37. The number of likely N-dealkylation sites (tertiary alicyclic amines) is 1. The number of nitrogens with zero attached hydrogens (tertiary/aromatic N) is 3. The quantitative estimate of drug-likeness (QED) is 0.866. The lowest BCUT2D eigenvalue weighted by atomic mass is 10.1. The number of aromatic nitrogens is 2. The molecule has 1 aliphatic rings. The summed E-state index contributed by atoms with van der Waals surface area (Å²) in [6, 6.07) is 7.17. The van der Waals surface area contributed by atoms with Gasteiger partial charge < -0.3 is 9.64 Å². The first kappa shape index (κ1) is 13.5. The molecule has 0 unspecified atom stereocenters. The molecule has 0 radical (unpaired) electrons. The van der Waals surface area contributed by atoms with Crippen molar-refractivity contribution in [3.63, 3.8) is 0 Å². The summed E-state index contributed by atoms with van der Waals surface area (Å²) in [5.41, 5.74) is 0.676. The van der Waals surface area contributed by atoms with E-state index in [-0.39, 0.29) is 12.0 Å². The first-order valence-electron chi connectivity index (χ1n) is 7.09. The summed E-state index contributed by atoms with van der Waals surface area (Å²) >= 11 is 0. The van der Waals surface area contributed by atoms with Crippen LogP contribution in [0.3, 0.4) is 0 Å². The number of hydrogen-bond acceptors (Lipinski definition) is 4. The Kier molecular flexibility index (Phi) is 4.09. The zero-order valence-corrected chi connectivity index (χ0v) is 11.7. The predicted octanol–water partition coefficient (Wildman–Crippen LogP) is 2.16. The molecular weight excluding hydrogens is 266 g/mol. The number of amides is 1. The molecule has 1 saturated heterocycles. The van der Waals surface area contributed by atoms with E-state index < -0.39 is 0 Å².